The minimum atomic E-state index is 0.248. The Morgan fingerprint density at radius 1 is 0.900 bits per heavy atom. The Bertz CT molecular complexity index is 508. The van der Waals surface area contributed by atoms with Crippen LogP contribution in [0.5, 0.6) is 0 Å². The maximum Gasteiger partial charge on any atom is 0.150 e. The number of benzene rings is 1. The Morgan fingerprint density at radius 2 is 1.40 bits per heavy atom. The lowest BCUT2D eigenvalue weighted by atomic mass is 9.53. The molecule has 4 aliphatic rings. The summed E-state index contributed by atoms with van der Waals surface area (Å²) in [5.74, 6) is 2.82. The summed E-state index contributed by atoms with van der Waals surface area (Å²) < 4.78 is 0. The van der Waals surface area contributed by atoms with Crippen LogP contribution in [0.1, 0.15) is 54.4 Å². The van der Waals surface area contributed by atoms with Gasteiger partial charge in [-0.15, -0.1) is 0 Å². The van der Waals surface area contributed by atoms with Gasteiger partial charge in [-0.1, -0.05) is 24.3 Å². The van der Waals surface area contributed by atoms with Gasteiger partial charge in [0.15, 0.2) is 0 Å². The van der Waals surface area contributed by atoms with Gasteiger partial charge in [-0.3, -0.25) is 9.79 Å². The summed E-state index contributed by atoms with van der Waals surface area (Å²) in [7, 11) is 0. The number of aliphatic imine (C=N–C) groups is 1. The van der Waals surface area contributed by atoms with E-state index in [-0.39, 0.29) is 5.54 Å². The van der Waals surface area contributed by atoms with Crippen LogP contribution in [0.3, 0.4) is 0 Å². The summed E-state index contributed by atoms with van der Waals surface area (Å²) in [4.78, 5) is 15.7. The number of carbonyl (C=O) groups excluding carboxylic acids is 1. The molecule has 4 saturated carbocycles. The average Bonchev–Trinajstić information content (AvgIpc) is 2.44. The summed E-state index contributed by atoms with van der Waals surface area (Å²) >= 11 is 0. The summed E-state index contributed by atoms with van der Waals surface area (Å²) in [6, 6.07) is 7.73. The fourth-order valence-electron chi connectivity index (χ4n) is 5.10. The van der Waals surface area contributed by atoms with Crippen molar-refractivity contribution in [2.24, 2.45) is 22.7 Å². The van der Waals surface area contributed by atoms with Crippen molar-refractivity contribution in [2.75, 3.05) is 0 Å². The van der Waals surface area contributed by atoms with Gasteiger partial charge in [0, 0.05) is 11.8 Å². The fourth-order valence-corrected chi connectivity index (χ4v) is 5.10. The van der Waals surface area contributed by atoms with Crippen molar-refractivity contribution in [3.63, 3.8) is 0 Å². The van der Waals surface area contributed by atoms with Crippen molar-refractivity contribution >= 4 is 12.5 Å². The maximum absolute atomic E-state index is 10.7. The van der Waals surface area contributed by atoms with Gasteiger partial charge in [-0.25, -0.2) is 0 Å². The van der Waals surface area contributed by atoms with Crippen LogP contribution < -0.4 is 0 Å². The summed E-state index contributed by atoms with van der Waals surface area (Å²) in [6.45, 7) is 0. The molecule has 4 bridgehead atoms. The summed E-state index contributed by atoms with van der Waals surface area (Å²) in [5.41, 5.74) is 2.10. The standard InChI is InChI=1S/C18H21NO/c20-12-14-3-1-13(2-4-14)11-19-18-8-15-5-16(9-18)7-17(6-15)10-18/h1-4,11-12,15-17H,5-10H2. The van der Waals surface area contributed by atoms with E-state index >= 15 is 0 Å². The van der Waals surface area contributed by atoms with E-state index in [9.17, 15) is 4.79 Å². The second kappa shape index (κ2) is 4.54. The first-order valence-corrected chi connectivity index (χ1v) is 7.85. The predicted molar refractivity (Wildman–Crippen MR) is 80.3 cm³/mol. The van der Waals surface area contributed by atoms with Crippen LogP contribution in [-0.2, 0) is 0 Å². The van der Waals surface area contributed by atoms with Crippen molar-refractivity contribution < 1.29 is 4.79 Å². The smallest absolute Gasteiger partial charge is 0.150 e. The number of hydrogen-bond acceptors (Lipinski definition) is 2. The Balaban J connectivity index is 1.55. The molecule has 0 spiro atoms. The topological polar surface area (TPSA) is 29.4 Å². The molecule has 1 aromatic rings. The summed E-state index contributed by atoms with van der Waals surface area (Å²) in [5, 5.41) is 0. The largest absolute Gasteiger partial charge is 0.298 e. The first kappa shape index (κ1) is 12.3. The molecule has 0 N–H and O–H groups in total. The highest BCUT2D eigenvalue weighted by Crippen LogP contribution is 2.57. The van der Waals surface area contributed by atoms with E-state index in [1.807, 2.05) is 30.5 Å². The second-order valence-corrected chi connectivity index (χ2v) is 7.18. The zero-order valence-corrected chi connectivity index (χ0v) is 11.8. The van der Waals surface area contributed by atoms with Crippen LogP contribution in [0.15, 0.2) is 29.3 Å². The molecule has 0 radical (unpaired) electrons. The van der Waals surface area contributed by atoms with Crippen LogP contribution in [0.2, 0.25) is 0 Å². The van der Waals surface area contributed by atoms with Gasteiger partial charge in [-0.2, -0.15) is 0 Å². The number of hydrogen-bond donors (Lipinski definition) is 0. The third kappa shape index (κ3) is 2.11. The van der Waals surface area contributed by atoms with Gasteiger partial charge < -0.3 is 0 Å². The monoisotopic (exact) mass is 267 g/mol. The number of rotatable bonds is 3. The highest BCUT2D eigenvalue weighted by atomic mass is 16.1. The van der Waals surface area contributed by atoms with E-state index in [0.717, 1.165) is 35.2 Å². The molecule has 4 aliphatic carbocycles. The highest BCUT2D eigenvalue weighted by Gasteiger charge is 2.50. The zero-order valence-electron chi connectivity index (χ0n) is 11.8. The molecule has 1 aromatic carbocycles. The Hall–Kier alpha value is -1.44. The van der Waals surface area contributed by atoms with Crippen molar-refractivity contribution in [1.29, 1.82) is 0 Å². The third-order valence-electron chi connectivity index (χ3n) is 5.57. The molecular weight excluding hydrogens is 246 g/mol. The molecule has 0 aliphatic heterocycles. The van der Waals surface area contributed by atoms with Gasteiger partial charge in [0.25, 0.3) is 0 Å². The van der Waals surface area contributed by atoms with Crippen LogP contribution >= 0.6 is 0 Å². The van der Waals surface area contributed by atoms with Gasteiger partial charge in [0.1, 0.15) is 6.29 Å². The molecule has 104 valence electrons. The van der Waals surface area contributed by atoms with Gasteiger partial charge >= 0.3 is 0 Å². The minimum Gasteiger partial charge on any atom is -0.298 e. The van der Waals surface area contributed by atoms with Crippen LogP contribution in [0.25, 0.3) is 0 Å². The molecule has 0 atom stereocenters. The average molecular weight is 267 g/mol. The number of carbonyl (C=O) groups is 1. The van der Waals surface area contributed by atoms with E-state index in [0.29, 0.717) is 0 Å². The molecule has 20 heavy (non-hydrogen) atoms. The molecule has 5 rings (SSSR count). The molecule has 0 aromatic heterocycles. The van der Waals surface area contributed by atoms with Crippen LogP contribution in [0, 0.1) is 17.8 Å². The van der Waals surface area contributed by atoms with Crippen molar-refractivity contribution in [1.82, 2.24) is 0 Å². The second-order valence-electron chi connectivity index (χ2n) is 7.18. The Morgan fingerprint density at radius 3 is 1.90 bits per heavy atom. The van der Waals surface area contributed by atoms with Crippen molar-refractivity contribution in [3.05, 3.63) is 35.4 Å². The lowest BCUT2D eigenvalue weighted by molar-refractivity contribution is 0.00195. The first-order valence-electron chi connectivity index (χ1n) is 7.85. The Labute approximate surface area is 120 Å². The van der Waals surface area contributed by atoms with Crippen LogP contribution in [-0.4, -0.2) is 18.0 Å². The molecule has 4 fully saturated rings. The van der Waals surface area contributed by atoms with E-state index in [1.165, 1.54) is 38.5 Å². The molecule has 0 unspecified atom stereocenters. The quantitative estimate of drug-likeness (QED) is 0.603. The zero-order chi connectivity index (χ0) is 13.6. The first-order chi connectivity index (χ1) is 9.75. The van der Waals surface area contributed by atoms with E-state index < -0.39 is 0 Å². The SMILES string of the molecule is O=Cc1ccc(C=NC23CC4CC(CC(C4)C2)C3)cc1. The van der Waals surface area contributed by atoms with Crippen LogP contribution in [0.4, 0.5) is 0 Å². The van der Waals surface area contributed by atoms with Gasteiger partial charge in [0.05, 0.1) is 5.54 Å². The van der Waals surface area contributed by atoms with Gasteiger partial charge in [-0.05, 0) is 61.8 Å². The molecular formula is C18H21NO. The fraction of sp³-hybridized carbons (Fsp3) is 0.556. The molecule has 2 heteroatoms. The maximum atomic E-state index is 10.7. The van der Waals surface area contributed by atoms with Crippen molar-refractivity contribution in [2.45, 2.75) is 44.1 Å². The molecule has 2 nitrogen and oxygen atoms in total. The van der Waals surface area contributed by atoms with E-state index in [1.54, 1.807) is 0 Å². The van der Waals surface area contributed by atoms with Crippen molar-refractivity contribution in [3.8, 4) is 0 Å². The van der Waals surface area contributed by atoms with E-state index in [2.05, 4.69) is 0 Å². The Kier molecular flexibility index (Phi) is 2.80. The molecule has 0 saturated heterocycles. The summed E-state index contributed by atoms with van der Waals surface area (Å²) in [6.07, 6.45) is 11.2. The number of nitrogens with zero attached hydrogens (tertiary/aromatic N) is 1. The van der Waals surface area contributed by atoms with Gasteiger partial charge in [0.2, 0.25) is 0 Å². The lowest BCUT2D eigenvalue weighted by Crippen LogP contribution is -2.49. The molecule has 0 heterocycles. The highest BCUT2D eigenvalue weighted by molar-refractivity contribution is 5.82. The molecule has 0 amide bonds. The minimum absolute atomic E-state index is 0.248. The van der Waals surface area contributed by atoms with E-state index in [4.69, 9.17) is 4.99 Å². The lowest BCUT2D eigenvalue weighted by Gasteiger charge is -2.54. The number of aldehydes is 1. The predicted octanol–water partition coefficient (Wildman–Crippen LogP) is 3.89. The third-order valence-corrected chi connectivity index (χ3v) is 5.57. The normalized spacial score (nSPS) is 38.5.